The number of benzene rings is 2. The lowest BCUT2D eigenvalue weighted by Gasteiger charge is -2.19. The first-order chi connectivity index (χ1) is 9.15. The van der Waals surface area contributed by atoms with E-state index in [1.165, 1.54) is 11.1 Å². The van der Waals surface area contributed by atoms with Gasteiger partial charge in [-0.1, -0.05) is 24.3 Å². The van der Waals surface area contributed by atoms with Crippen molar-refractivity contribution in [2.45, 2.75) is 26.1 Å². The van der Waals surface area contributed by atoms with E-state index in [1.807, 2.05) is 30.3 Å². The summed E-state index contributed by atoms with van der Waals surface area (Å²) in [5.74, 6) is 0. The third-order valence-electron chi connectivity index (χ3n) is 3.74. The standard InChI is InChI=1S/C16H18N2O/c1-11(19)12-4-2-6-14(8-12)18-9-13-5-3-7-16(17)15(13)10-18/h2-8,11,19H,9-10,17H2,1H3. The quantitative estimate of drug-likeness (QED) is 0.810. The van der Waals surface area contributed by atoms with E-state index < -0.39 is 6.10 Å². The summed E-state index contributed by atoms with van der Waals surface area (Å²) in [5.41, 5.74) is 11.5. The van der Waals surface area contributed by atoms with Crippen molar-refractivity contribution in [2.75, 3.05) is 10.6 Å². The minimum Gasteiger partial charge on any atom is -0.398 e. The SMILES string of the molecule is CC(O)c1cccc(N2Cc3cccc(N)c3C2)c1. The predicted octanol–water partition coefficient (Wildman–Crippen LogP) is 2.84. The number of nitrogens with two attached hydrogens (primary N) is 1. The second kappa shape index (κ2) is 4.59. The largest absolute Gasteiger partial charge is 0.398 e. The molecule has 0 aliphatic carbocycles. The minimum atomic E-state index is -0.435. The molecule has 0 aromatic heterocycles. The average Bonchev–Trinajstić information content (AvgIpc) is 2.84. The van der Waals surface area contributed by atoms with Crippen molar-refractivity contribution in [1.82, 2.24) is 0 Å². The lowest BCUT2D eigenvalue weighted by Crippen LogP contribution is -2.14. The molecule has 0 saturated carbocycles. The molecule has 0 amide bonds. The van der Waals surface area contributed by atoms with Crippen molar-refractivity contribution in [2.24, 2.45) is 0 Å². The molecular formula is C16H18N2O. The molecule has 19 heavy (non-hydrogen) atoms. The number of aliphatic hydroxyl groups excluding tert-OH is 1. The number of anilines is 2. The van der Waals surface area contributed by atoms with Crippen molar-refractivity contribution in [1.29, 1.82) is 0 Å². The molecule has 0 saturated heterocycles. The first kappa shape index (κ1) is 12.1. The predicted molar refractivity (Wildman–Crippen MR) is 77.8 cm³/mol. The molecule has 3 rings (SSSR count). The molecule has 2 aromatic rings. The van der Waals surface area contributed by atoms with Gasteiger partial charge in [0.1, 0.15) is 0 Å². The summed E-state index contributed by atoms with van der Waals surface area (Å²) in [5, 5.41) is 9.67. The first-order valence-electron chi connectivity index (χ1n) is 6.54. The molecule has 3 N–H and O–H groups in total. The number of rotatable bonds is 2. The highest BCUT2D eigenvalue weighted by Gasteiger charge is 2.21. The van der Waals surface area contributed by atoms with E-state index in [-0.39, 0.29) is 0 Å². The number of hydrogen-bond acceptors (Lipinski definition) is 3. The van der Waals surface area contributed by atoms with Crippen LogP contribution in [0.4, 0.5) is 11.4 Å². The van der Waals surface area contributed by atoms with Gasteiger partial charge in [0.15, 0.2) is 0 Å². The van der Waals surface area contributed by atoms with E-state index in [2.05, 4.69) is 17.0 Å². The molecule has 0 spiro atoms. The Bertz CT molecular complexity index is 607. The van der Waals surface area contributed by atoms with Gasteiger partial charge >= 0.3 is 0 Å². The van der Waals surface area contributed by atoms with Crippen LogP contribution < -0.4 is 10.6 Å². The summed E-state index contributed by atoms with van der Waals surface area (Å²) in [7, 11) is 0. The van der Waals surface area contributed by atoms with Crippen LogP contribution in [0, 0.1) is 0 Å². The fourth-order valence-corrected chi connectivity index (χ4v) is 2.61. The summed E-state index contributed by atoms with van der Waals surface area (Å²) >= 11 is 0. The number of fused-ring (bicyclic) bond motifs is 1. The molecule has 1 unspecified atom stereocenters. The van der Waals surface area contributed by atoms with Gasteiger partial charge in [0.2, 0.25) is 0 Å². The molecule has 1 heterocycles. The van der Waals surface area contributed by atoms with Gasteiger partial charge in [0, 0.05) is 24.5 Å². The molecule has 0 bridgehead atoms. The van der Waals surface area contributed by atoms with Crippen LogP contribution in [-0.4, -0.2) is 5.11 Å². The van der Waals surface area contributed by atoms with Gasteiger partial charge in [-0.15, -0.1) is 0 Å². The average molecular weight is 254 g/mol. The molecule has 0 fully saturated rings. The molecule has 1 atom stereocenters. The van der Waals surface area contributed by atoms with Crippen LogP contribution in [0.1, 0.15) is 29.7 Å². The monoisotopic (exact) mass is 254 g/mol. The highest BCUT2D eigenvalue weighted by Crippen LogP contribution is 2.32. The second-order valence-corrected chi connectivity index (χ2v) is 5.11. The number of nitrogens with zero attached hydrogens (tertiary/aromatic N) is 1. The number of aliphatic hydroxyl groups is 1. The Kier molecular flexibility index (Phi) is 2.91. The molecule has 3 heteroatoms. The smallest absolute Gasteiger partial charge is 0.0762 e. The molecule has 3 nitrogen and oxygen atoms in total. The molecular weight excluding hydrogens is 236 g/mol. The zero-order valence-electron chi connectivity index (χ0n) is 11.0. The number of hydrogen-bond donors (Lipinski definition) is 2. The summed E-state index contributed by atoms with van der Waals surface area (Å²) in [6.07, 6.45) is -0.435. The molecule has 1 aliphatic heterocycles. The fraction of sp³-hybridized carbons (Fsp3) is 0.250. The van der Waals surface area contributed by atoms with Crippen molar-refractivity contribution in [3.05, 3.63) is 59.2 Å². The van der Waals surface area contributed by atoms with Gasteiger partial charge < -0.3 is 15.7 Å². The normalized spacial score (nSPS) is 15.4. The zero-order valence-corrected chi connectivity index (χ0v) is 11.0. The van der Waals surface area contributed by atoms with Gasteiger partial charge in [0.05, 0.1) is 6.10 Å². The highest BCUT2D eigenvalue weighted by atomic mass is 16.3. The first-order valence-corrected chi connectivity index (χ1v) is 6.54. The van der Waals surface area contributed by atoms with Gasteiger partial charge in [-0.05, 0) is 41.8 Å². The Hall–Kier alpha value is -2.00. The molecule has 2 aromatic carbocycles. The van der Waals surface area contributed by atoms with E-state index >= 15 is 0 Å². The van der Waals surface area contributed by atoms with Crippen molar-refractivity contribution >= 4 is 11.4 Å². The molecule has 1 aliphatic rings. The van der Waals surface area contributed by atoms with Crippen LogP contribution in [-0.2, 0) is 13.1 Å². The lowest BCUT2D eigenvalue weighted by atomic mass is 10.1. The Morgan fingerprint density at radius 2 is 1.95 bits per heavy atom. The topological polar surface area (TPSA) is 49.5 Å². The summed E-state index contributed by atoms with van der Waals surface area (Å²) < 4.78 is 0. The molecule has 98 valence electrons. The van der Waals surface area contributed by atoms with E-state index in [4.69, 9.17) is 5.73 Å². The Morgan fingerprint density at radius 3 is 2.68 bits per heavy atom. The Morgan fingerprint density at radius 1 is 1.16 bits per heavy atom. The summed E-state index contributed by atoms with van der Waals surface area (Å²) in [6.45, 7) is 3.50. The van der Waals surface area contributed by atoms with Gasteiger partial charge in [-0.3, -0.25) is 0 Å². The zero-order chi connectivity index (χ0) is 13.4. The lowest BCUT2D eigenvalue weighted by molar-refractivity contribution is 0.199. The van der Waals surface area contributed by atoms with Crippen LogP contribution in [0.5, 0.6) is 0 Å². The maximum Gasteiger partial charge on any atom is 0.0762 e. The van der Waals surface area contributed by atoms with Crippen molar-refractivity contribution in [3.8, 4) is 0 Å². The van der Waals surface area contributed by atoms with Crippen molar-refractivity contribution < 1.29 is 5.11 Å². The maximum absolute atomic E-state index is 9.67. The third kappa shape index (κ3) is 2.17. The van der Waals surface area contributed by atoms with E-state index in [9.17, 15) is 5.11 Å². The fourth-order valence-electron chi connectivity index (χ4n) is 2.61. The maximum atomic E-state index is 9.67. The van der Waals surface area contributed by atoms with E-state index in [0.29, 0.717) is 0 Å². The Balaban J connectivity index is 1.91. The van der Waals surface area contributed by atoms with E-state index in [1.54, 1.807) is 6.92 Å². The van der Waals surface area contributed by atoms with Crippen LogP contribution in [0.3, 0.4) is 0 Å². The van der Waals surface area contributed by atoms with Crippen LogP contribution in [0.15, 0.2) is 42.5 Å². The van der Waals surface area contributed by atoms with Crippen LogP contribution in [0.25, 0.3) is 0 Å². The van der Waals surface area contributed by atoms with Gasteiger partial charge in [0.25, 0.3) is 0 Å². The highest BCUT2D eigenvalue weighted by molar-refractivity contribution is 5.60. The van der Waals surface area contributed by atoms with Gasteiger partial charge in [-0.25, -0.2) is 0 Å². The molecule has 0 radical (unpaired) electrons. The summed E-state index contributed by atoms with van der Waals surface area (Å²) in [6, 6.07) is 14.2. The van der Waals surface area contributed by atoms with Gasteiger partial charge in [-0.2, -0.15) is 0 Å². The van der Waals surface area contributed by atoms with Crippen molar-refractivity contribution in [3.63, 3.8) is 0 Å². The summed E-state index contributed by atoms with van der Waals surface area (Å²) in [4.78, 5) is 2.28. The second-order valence-electron chi connectivity index (χ2n) is 5.11. The Labute approximate surface area is 113 Å². The van der Waals surface area contributed by atoms with E-state index in [0.717, 1.165) is 30.0 Å². The third-order valence-corrected chi connectivity index (χ3v) is 3.74. The number of nitrogen functional groups attached to an aromatic ring is 1. The minimum absolute atomic E-state index is 0.435. The van der Waals surface area contributed by atoms with Crippen LogP contribution in [0.2, 0.25) is 0 Å². The van der Waals surface area contributed by atoms with Crippen LogP contribution >= 0.6 is 0 Å².